The van der Waals surface area contributed by atoms with Crippen LogP contribution in [0.15, 0.2) is 47.8 Å². The van der Waals surface area contributed by atoms with Gasteiger partial charge in [0.05, 0.1) is 23.1 Å². The minimum absolute atomic E-state index is 0.183. The van der Waals surface area contributed by atoms with Crippen LogP contribution in [0.5, 0.6) is 5.75 Å². The number of aliphatic hydroxyl groups is 2. The van der Waals surface area contributed by atoms with Gasteiger partial charge in [0, 0.05) is 67.7 Å². The highest BCUT2D eigenvalue weighted by Gasteiger charge is 2.29. The zero-order valence-corrected chi connectivity index (χ0v) is 21.7. The van der Waals surface area contributed by atoms with E-state index in [9.17, 15) is 23.4 Å². The van der Waals surface area contributed by atoms with Crippen molar-refractivity contribution >= 4 is 33.1 Å². The predicted molar refractivity (Wildman–Crippen MR) is 137 cm³/mol. The van der Waals surface area contributed by atoms with Gasteiger partial charge in [-0.3, -0.25) is 9.78 Å². The molecule has 1 aliphatic carbocycles. The summed E-state index contributed by atoms with van der Waals surface area (Å²) in [5, 5.41) is 25.4. The van der Waals surface area contributed by atoms with Gasteiger partial charge in [-0.05, 0) is 19.9 Å². The van der Waals surface area contributed by atoms with Crippen molar-refractivity contribution < 1.29 is 28.2 Å². The molecule has 0 aliphatic heterocycles. The molecule has 3 aromatic heterocycles. The quantitative estimate of drug-likeness (QED) is 0.342. The van der Waals surface area contributed by atoms with Gasteiger partial charge in [-0.15, -0.1) is 0 Å². The molecule has 4 rings (SSSR count). The van der Waals surface area contributed by atoms with Crippen LogP contribution in [-0.2, 0) is 20.2 Å². The van der Waals surface area contributed by atoms with Gasteiger partial charge in [-0.1, -0.05) is 6.07 Å². The summed E-state index contributed by atoms with van der Waals surface area (Å²) >= 11 is 0. The highest BCUT2D eigenvalue weighted by atomic mass is 32.2. The van der Waals surface area contributed by atoms with Gasteiger partial charge >= 0.3 is 0 Å². The molecule has 1 fully saturated rings. The largest absolute Gasteiger partial charge is 0.490 e. The Bertz CT molecular complexity index is 1410. The Balaban J connectivity index is 1.74. The number of nitrogens with zero attached hydrogens (tertiary/aromatic N) is 3. The summed E-state index contributed by atoms with van der Waals surface area (Å²) in [6.45, 7) is 4.67. The molecule has 3 aromatic rings. The molecule has 0 atom stereocenters. The van der Waals surface area contributed by atoms with Crippen molar-refractivity contribution in [2.24, 2.45) is 0 Å². The number of ether oxygens (including phenoxy) is 1. The molecular formula is C25H29N5O6S. The molecule has 0 bridgehead atoms. The number of aromatic nitrogens is 3. The molecule has 0 radical (unpaired) electrons. The monoisotopic (exact) mass is 527 g/mol. The summed E-state index contributed by atoms with van der Waals surface area (Å²) in [4.78, 5) is 24.6. The van der Waals surface area contributed by atoms with E-state index in [1.165, 1.54) is 19.2 Å². The first-order valence-electron chi connectivity index (χ1n) is 11.6. The second-order valence-corrected chi connectivity index (χ2v) is 11.5. The Kier molecular flexibility index (Phi) is 7.18. The van der Waals surface area contributed by atoms with Crippen LogP contribution in [0.25, 0.3) is 11.3 Å². The Labute approximate surface area is 214 Å². The van der Waals surface area contributed by atoms with E-state index in [0.29, 0.717) is 41.1 Å². The molecule has 1 aliphatic rings. The van der Waals surface area contributed by atoms with Crippen molar-refractivity contribution in [2.45, 2.75) is 56.4 Å². The van der Waals surface area contributed by atoms with Gasteiger partial charge in [0.1, 0.15) is 23.5 Å². The fourth-order valence-electron chi connectivity index (χ4n) is 3.69. The maximum absolute atomic E-state index is 12.3. The van der Waals surface area contributed by atoms with Crippen molar-refractivity contribution in [1.29, 1.82) is 0 Å². The molecule has 1 saturated carbocycles. The Hall–Kier alpha value is -3.61. The van der Waals surface area contributed by atoms with E-state index in [1.54, 1.807) is 44.3 Å². The lowest BCUT2D eigenvalue weighted by molar-refractivity contribution is -0.114. The van der Waals surface area contributed by atoms with E-state index in [2.05, 4.69) is 25.6 Å². The molecule has 1 amide bonds. The number of hydrogen-bond donors (Lipinski definition) is 4. The van der Waals surface area contributed by atoms with Crippen LogP contribution in [0.4, 0.5) is 17.3 Å². The lowest BCUT2D eigenvalue weighted by Crippen LogP contribution is -2.37. The van der Waals surface area contributed by atoms with E-state index in [0.717, 1.165) is 6.26 Å². The Morgan fingerprint density at radius 2 is 1.84 bits per heavy atom. The highest BCUT2D eigenvalue weighted by molar-refractivity contribution is 7.90. The van der Waals surface area contributed by atoms with Crippen LogP contribution in [0.1, 0.15) is 39.2 Å². The summed E-state index contributed by atoms with van der Waals surface area (Å²) in [5.74, 6) is 0.438. The van der Waals surface area contributed by atoms with Crippen LogP contribution in [0.3, 0.4) is 0 Å². The fraction of sp³-hybridized carbons (Fsp3) is 0.360. The summed E-state index contributed by atoms with van der Waals surface area (Å²) in [6.07, 6.45) is 4.40. The molecule has 196 valence electrons. The molecule has 4 N–H and O–H groups in total. The van der Waals surface area contributed by atoms with E-state index in [1.807, 2.05) is 0 Å². The number of amides is 1. The topological polar surface area (TPSA) is 164 Å². The second-order valence-electron chi connectivity index (χ2n) is 9.58. The molecule has 0 spiro atoms. The molecule has 37 heavy (non-hydrogen) atoms. The Morgan fingerprint density at radius 3 is 2.41 bits per heavy atom. The third kappa shape index (κ3) is 6.59. The minimum Gasteiger partial charge on any atom is -0.490 e. The molecule has 3 heterocycles. The summed E-state index contributed by atoms with van der Waals surface area (Å²) < 4.78 is 30.5. The van der Waals surface area contributed by atoms with Crippen LogP contribution in [0.2, 0.25) is 0 Å². The Morgan fingerprint density at radius 1 is 1.11 bits per heavy atom. The highest BCUT2D eigenvalue weighted by Crippen LogP contribution is 2.34. The molecule has 0 aromatic carbocycles. The van der Waals surface area contributed by atoms with Crippen molar-refractivity contribution in [3.63, 3.8) is 0 Å². The first kappa shape index (κ1) is 26.5. The van der Waals surface area contributed by atoms with E-state index in [-0.39, 0.29) is 28.7 Å². The SMILES string of the molecule is CC(=O)Nc1cc(Nc2cc(OC3CC(O)C3)cc(S(C)(=O)=O)n2)c(-c2ccc(C(C)(C)O)cn2)cn1. The summed E-state index contributed by atoms with van der Waals surface area (Å²) in [6, 6.07) is 7.96. The minimum atomic E-state index is -3.67. The number of hydrogen-bond acceptors (Lipinski definition) is 10. The molecule has 0 saturated heterocycles. The predicted octanol–water partition coefficient (Wildman–Crippen LogP) is 2.77. The lowest BCUT2D eigenvalue weighted by atomic mass is 9.92. The zero-order valence-electron chi connectivity index (χ0n) is 20.9. The van der Waals surface area contributed by atoms with Crippen LogP contribution >= 0.6 is 0 Å². The number of anilines is 3. The van der Waals surface area contributed by atoms with Crippen molar-refractivity contribution in [3.8, 4) is 17.0 Å². The van der Waals surface area contributed by atoms with Crippen molar-refractivity contribution in [1.82, 2.24) is 15.0 Å². The van der Waals surface area contributed by atoms with E-state index >= 15 is 0 Å². The van der Waals surface area contributed by atoms with Gasteiger partial charge in [0.15, 0.2) is 14.9 Å². The van der Waals surface area contributed by atoms with E-state index < -0.39 is 21.5 Å². The average molecular weight is 528 g/mol. The smallest absolute Gasteiger partial charge is 0.222 e. The van der Waals surface area contributed by atoms with Gasteiger partial charge in [0.2, 0.25) is 5.91 Å². The summed E-state index contributed by atoms with van der Waals surface area (Å²) in [7, 11) is -3.67. The molecular weight excluding hydrogens is 498 g/mol. The van der Waals surface area contributed by atoms with Crippen LogP contribution in [-0.4, -0.2) is 58.0 Å². The first-order valence-corrected chi connectivity index (χ1v) is 13.5. The standard InChI is InChI=1S/C25H29N5O6S/c1-14(31)28-22-11-21(19(13-27-22)20-6-5-15(12-26-20)25(2,3)33)29-23-9-18(36-17-7-16(32)8-17)10-24(30-23)37(4,34)35/h5-6,9-13,16-17,32-33H,7-8H2,1-4H3,(H2,27,28,29,30,31). The third-order valence-corrected chi connectivity index (χ3v) is 6.71. The summed E-state index contributed by atoms with van der Waals surface area (Å²) in [5.41, 5.74) is 1.08. The van der Waals surface area contributed by atoms with Crippen molar-refractivity contribution in [3.05, 3.63) is 48.3 Å². The maximum Gasteiger partial charge on any atom is 0.222 e. The average Bonchev–Trinajstić information content (AvgIpc) is 2.77. The maximum atomic E-state index is 12.3. The van der Waals surface area contributed by atoms with Gasteiger partial charge in [-0.2, -0.15) is 0 Å². The number of carbonyl (C=O) groups is 1. The van der Waals surface area contributed by atoms with Gasteiger partial charge in [0.25, 0.3) is 0 Å². The second kappa shape index (κ2) is 10.0. The van der Waals surface area contributed by atoms with Gasteiger partial charge in [-0.25, -0.2) is 18.4 Å². The van der Waals surface area contributed by atoms with Crippen LogP contribution < -0.4 is 15.4 Å². The number of nitrogens with one attached hydrogen (secondary N) is 2. The number of pyridine rings is 3. The fourth-order valence-corrected chi connectivity index (χ4v) is 4.29. The number of aliphatic hydroxyl groups excluding tert-OH is 1. The number of rotatable bonds is 8. The number of sulfone groups is 1. The zero-order chi connectivity index (χ0) is 27.0. The van der Waals surface area contributed by atoms with Crippen molar-refractivity contribution in [2.75, 3.05) is 16.9 Å². The number of carbonyl (C=O) groups excluding carboxylic acids is 1. The van der Waals surface area contributed by atoms with E-state index in [4.69, 9.17) is 4.74 Å². The normalized spacial score (nSPS) is 17.6. The van der Waals surface area contributed by atoms with Gasteiger partial charge < -0.3 is 25.6 Å². The third-order valence-electron chi connectivity index (χ3n) is 5.74. The lowest BCUT2D eigenvalue weighted by Gasteiger charge is -2.31. The van der Waals surface area contributed by atoms with Crippen LogP contribution in [0, 0.1) is 0 Å². The first-order chi connectivity index (χ1) is 17.3. The molecule has 0 unspecified atom stereocenters. The molecule has 12 heteroatoms. The molecule has 11 nitrogen and oxygen atoms in total.